The summed E-state index contributed by atoms with van der Waals surface area (Å²) in [5, 5.41) is 33.1. The van der Waals surface area contributed by atoms with Crippen LogP contribution in [-0.2, 0) is 20.9 Å². The largest absolute Gasteiger partial charge is 0.493 e. The number of aliphatic hydroxyl groups excluding tert-OH is 3. The highest BCUT2D eigenvalue weighted by molar-refractivity contribution is 5.96. The Labute approximate surface area is 210 Å². The van der Waals surface area contributed by atoms with Crippen molar-refractivity contribution in [3.05, 3.63) is 34.9 Å². The van der Waals surface area contributed by atoms with Gasteiger partial charge in [0.05, 0.1) is 45.5 Å². The summed E-state index contributed by atoms with van der Waals surface area (Å²) in [7, 11) is 1.48. The Morgan fingerprint density at radius 3 is 2.64 bits per heavy atom. The predicted octanol–water partition coefficient (Wildman–Crippen LogP) is -1.01. The van der Waals surface area contributed by atoms with E-state index >= 15 is 0 Å². The van der Waals surface area contributed by atoms with Crippen LogP contribution < -0.4 is 14.8 Å². The van der Waals surface area contributed by atoms with Crippen LogP contribution in [0.1, 0.15) is 24.0 Å². The van der Waals surface area contributed by atoms with E-state index in [1.165, 1.54) is 14.0 Å². The average Bonchev–Trinajstić information content (AvgIpc) is 3.28. The van der Waals surface area contributed by atoms with Crippen LogP contribution in [-0.4, -0.2) is 115 Å². The second-order valence-electron chi connectivity index (χ2n) is 9.18. The van der Waals surface area contributed by atoms with Gasteiger partial charge in [0.25, 0.3) is 0 Å². The first-order valence-electron chi connectivity index (χ1n) is 12.2. The van der Waals surface area contributed by atoms with Gasteiger partial charge >= 0.3 is 0 Å². The third kappa shape index (κ3) is 5.21. The number of carbonyl (C=O) groups is 2. The Morgan fingerprint density at radius 1 is 1.25 bits per heavy atom. The van der Waals surface area contributed by atoms with E-state index in [9.17, 15) is 24.9 Å². The molecule has 1 fully saturated rings. The number of methoxy groups -OCH3 is 1. The van der Waals surface area contributed by atoms with E-state index in [1.807, 2.05) is 0 Å². The summed E-state index contributed by atoms with van der Waals surface area (Å²) in [6, 6.07) is 2.60. The van der Waals surface area contributed by atoms with Crippen molar-refractivity contribution in [3.63, 3.8) is 0 Å². The number of amides is 2. The molecule has 4 rings (SSSR count). The third-order valence-electron chi connectivity index (χ3n) is 7.02. The number of ether oxygens (including phenoxy) is 3. The molecule has 198 valence electrons. The van der Waals surface area contributed by atoms with E-state index in [4.69, 9.17) is 14.2 Å². The molecule has 1 saturated heterocycles. The monoisotopic (exact) mass is 505 g/mol. The van der Waals surface area contributed by atoms with Crippen molar-refractivity contribution >= 4 is 11.8 Å². The molecule has 0 bridgehead atoms. The summed E-state index contributed by atoms with van der Waals surface area (Å²) in [4.78, 5) is 29.7. The van der Waals surface area contributed by atoms with Gasteiger partial charge in [-0.3, -0.25) is 14.5 Å². The summed E-state index contributed by atoms with van der Waals surface area (Å²) in [6.07, 6.45) is -0.332. The molecule has 2 amide bonds. The second kappa shape index (κ2) is 11.6. The number of hydrogen-bond donors (Lipinski definition) is 4. The van der Waals surface area contributed by atoms with Gasteiger partial charge in [0.1, 0.15) is 12.2 Å². The molecule has 3 aliphatic rings. The molecule has 36 heavy (non-hydrogen) atoms. The second-order valence-corrected chi connectivity index (χ2v) is 9.18. The molecule has 1 aromatic rings. The van der Waals surface area contributed by atoms with Crippen molar-refractivity contribution in [1.82, 2.24) is 15.1 Å². The smallest absolute Gasteiger partial charge is 0.247 e. The quantitative estimate of drug-likeness (QED) is 0.332. The Bertz CT molecular complexity index is 994. The molecule has 4 atom stereocenters. The Balaban J connectivity index is 1.70. The van der Waals surface area contributed by atoms with E-state index in [0.717, 1.165) is 13.1 Å². The van der Waals surface area contributed by atoms with Crippen LogP contribution in [0.3, 0.4) is 0 Å². The zero-order chi connectivity index (χ0) is 25.8. The maximum atomic E-state index is 13.2. The minimum absolute atomic E-state index is 0.0575. The Kier molecular flexibility index (Phi) is 8.47. The molecule has 0 spiro atoms. The van der Waals surface area contributed by atoms with Gasteiger partial charge in [-0.25, -0.2) is 0 Å². The fourth-order valence-electron chi connectivity index (χ4n) is 5.21. The van der Waals surface area contributed by atoms with Crippen LogP contribution in [0.2, 0.25) is 0 Å². The van der Waals surface area contributed by atoms with Gasteiger partial charge in [-0.1, -0.05) is 0 Å². The maximum Gasteiger partial charge on any atom is 0.247 e. The lowest BCUT2D eigenvalue weighted by Crippen LogP contribution is -2.56. The standard InChI is InChI=1S/C25H35N3O8/c1-15(31)28(5-4-27-6-9-35-10-7-27)19-13-18(25(33)26-3-8-29)21-17-11-16(14-30)12-20(34-2)23(17)36-24(21)22(19)32/h11-13,19,21-22,24,29-30,32H,3-10,14H2,1-2H3,(H,26,33)/t19-,21+,22+,24+/m1/s1. The highest BCUT2D eigenvalue weighted by Crippen LogP contribution is 2.51. The molecule has 1 aromatic carbocycles. The number of benzene rings is 1. The highest BCUT2D eigenvalue weighted by atomic mass is 16.5. The van der Waals surface area contributed by atoms with Crippen LogP contribution >= 0.6 is 0 Å². The van der Waals surface area contributed by atoms with Crippen molar-refractivity contribution in [2.45, 2.75) is 37.7 Å². The maximum absolute atomic E-state index is 13.2. The normalized spacial score (nSPS) is 25.3. The fraction of sp³-hybridized carbons (Fsp3) is 0.600. The van der Waals surface area contributed by atoms with Crippen LogP contribution in [0.4, 0.5) is 0 Å². The first kappa shape index (κ1) is 26.4. The fourth-order valence-corrected chi connectivity index (χ4v) is 5.21. The first-order valence-corrected chi connectivity index (χ1v) is 12.2. The van der Waals surface area contributed by atoms with Crippen molar-refractivity contribution in [3.8, 4) is 11.5 Å². The van der Waals surface area contributed by atoms with E-state index in [2.05, 4.69) is 10.2 Å². The van der Waals surface area contributed by atoms with Crippen molar-refractivity contribution < 1.29 is 39.1 Å². The lowest BCUT2D eigenvalue weighted by molar-refractivity contribution is -0.135. The first-order chi connectivity index (χ1) is 17.4. The van der Waals surface area contributed by atoms with Gasteiger partial charge in [-0.05, 0) is 23.8 Å². The number of fused-ring (bicyclic) bond motifs is 3. The molecule has 0 unspecified atom stereocenters. The topological polar surface area (TPSA) is 141 Å². The van der Waals surface area contributed by atoms with Gasteiger partial charge in [0, 0.05) is 50.8 Å². The van der Waals surface area contributed by atoms with Gasteiger partial charge in [-0.15, -0.1) is 0 Å². The molecule has 0 aromatic heterocycles. The van der Waals surface area contributed by atoms with Crippen LogP contribution in [0.5, 0.6) is 11.5 Å². The molecule has 11 nitrogen and oxygen atoms in total. The third-order valence-corrected chi connectivity index (χ3v) is 7.02. The SMILES string of the molecule is COc1cc(CO)cc2c1O[C@@H]1[C@@H](O)[C@H](N(CCN3CCOCC3)C(C)=O)C=C(C(=O)NCCO)[C@H]21. The minimum atomic E-state index is -1.12. The summed E-state index contributed by atoms with van der Waals surface area (Å²) in [5.74, 6) is -0.503. The Hall–Kier alpha value is -2.70. The molecule has 11 heteroatoms. The number of nitrogens with one attached hydrogen (secondary N) is 1. The van der Waals surface area contributed by atoms with Crippen LogP contribution in [0.25, 0.3) is 0 Å². The van der Waals surface area contributed by atoms with Gasteiger partial charge < -0.3 is 39.7 Å². The molecular formula is C25H35N3O8. The molecular weight excluding hydrogens is 470 g/mol. The zero-order valence-corrected chi connectivity index (χ0v) is 20.7. The number of rotatable bonds is 9. The van der Waals surface area contributed by atoms with Crippen LogP contribution in [0, 0.1) is 0 Å². The van der Waals surface area contributed by atoms with E-state index in [-0.39, 0.29) is 25.7 Å². The van der Waals surface area contributed by atoms with E-state index < -0.39 is 30.1 Å². The summed E-state index contributed by atoms with van der Waals surface area (Å²) < 4.78 is 17.1. The number of morpholine rings is 1. The van der Waals surface area contributed by atoms with Crippen molar-refractivity contribution in [2.75, 3.05) is 59.7 Å². The predicted molar refractivity (Wildman–Crippen MR) is 129 cm³/mol. The van der Waals surface area contributed by atoms with Gasteiger partial charge in [0.2, 0.25) is 11.8 Å². The number of hydrogen-bond acceptors (Lipinski definition) is 9. The van der Waals surface area contributed by atoms with Gasteiger partial charge in [0.15, 0.2) is 11.5 Å². The lowest BCUT2D eigenvalue weighted by Gasteiger charge is -2.41. The Morgan fingerprint density at radius 2 is 2.00 bits per heavy atom. The number of nitrogens with zero attached hydrogens (tertiary/aromatic N) is 2. The average molecular weight is 506 g/mol. The minimum Gasteiger partial charge on any atom is -0.493 e. The summed E-state index contributed by atoms with van der Waals surface area (Å²) >= 11 is 0. The van der Waals surface area contributed by atoms with E-state index in [0.29, 0.717) is 54.5 Å². The number of aliphatic hydroxyl groups is 3. The molecule has 4 N–H and O–H groups in total. The summed E-state index contributed by atoms with van der Waals surface area (Å²) in [6.45, 7) is 4.80. The van der Waals surface area contributed by atoms with Crippen LogP contribution in [0.15, 0.2) is 23.8 Å². The van der Waals surface area contributed by atoms with Gasteiger partial charge in [-0.2, -0.15) is 0 Å². The molecule has 0 saturated carbocycles. The van der Waals surface area contributed by atoms with Crippen molar-refractivity contribution in [2.24, 2.45) is 0 Å². The number of carbonyl (C=O) groups excluding carboxylic acids is 2. The highest BCUT2D eigenvalue weighted by Gasteiger charge is 2.51. The molecule has 2 aliphatic heterocycles. The zero-order valence-electron chi connectivity index (χ0n) is 20.7. The lowest BCUT2D eigenvalue weighted by atomic mass is 9.77. The summed E-state index contributed by atoms with van der Waals surface area (Å²) in [5.41, 5.74) is 1.53. The molecule has 1 aliphatic carbocycles. The molecule has 2 heterocycles. The van der Waals surface area contributed by atoms with Crippen molar-refractivity contribution in [1.29, 1.82) is 0 Å². The van der Waals surface area contributed by atoms with E-state index in [1.54, 1.807) is 23.1 Å². The molecule has 0 radical (unpaired) electrons.